The molecule has 1 aliphatic heterocycles. The molecule has 2 heterocycles. The number of hydrogen-bond donors (Lipinski definition) is 1. The molecule has 0 amide bonds. The van der Waals surface area contributed by atoms with E-state index in [1.54, 1.807) is 12.1 Å². The van der Waals surface area contributed by atoms with E-state index in [1.807, 2.05) is 4.90 Å². The van der Waals surface area contributed by atoms with Crippen molar-refractivity contribution in [1.29, 1.82) is 0 Å². The molecule has 0 aliphatic carbocycles. The largest absolute Gasteiger partial charge is 0.378 e. The summed E-state index contributed by atoms with van der Waals surface area (Å²) in [6.07, 6.45) is 0.992. The van der Waals surface area contributed by atoms with Crippen LogP contribution in [0.2, 0.25) is 0 Å². The van der Waals surface area contributed by atoms with Crippen LogP contribution in [0.1, 0.15) is 5.56 Å². The van der Waals surface area contributed by atoms with Crippen molar-refractivity contribution in [3.05, 3.63) is 45.8 Å². The van der Waals surface area contributed by atoms with E-state index in [9.17, 15) is 22.9 Å². The van der Waals surface area contributed by atoms with Crippen molar-refractivity contribution < 1.29 is 22.5 Å². The number of rotatable bonds is 6. The fraction of sp³-hybridized carbons (Fsp3) is 0.375. The lowest BCUT2D eigenvalue weighted by atomic mass is 10.1. The van der Waals surface area contributed by atoms with Gasteiger partial charge in [0.25, 0.3) is 0 Å². The molecule has 0 saturated carbocycles. The Morgan fingerprint density at radius 2 is 2.04 bits per heavy atom. The van der Waals surface area contributed by atoms with Crippen LogP contribution in [0.4, 0.5) is 20.8 Å². The molecule has 11 heteroatoms. The van der Waals surface area contributed by atoms with E-state index in [2.05, 4.69) is 5.32 Å². The summed E-state index contributed by atoms with van der Waals surface area (Å²) in [5, 5.41) is 14.1. The smallest absolute Gasteiger partial charge is 0.304 e. The van der Waals surface area contributed by atoms with Gasteiger partial charge in [0.05, 0.1) is 23.8 Å². The molecule has 0 bridgehead atoms. The van der Waals surface area contributed by atoms with Gasteiger partial charge in [-0.05, 0) is 17.7 Å². The monoisotopic (exact) mass is 415 g/mol. The van der Waals surface area contributed by atoms with E-state index in [0.717, 1.165) is 23.7 Å². The van der Waals surface area contributed by atoms with Crippen molar-refractivity contribution in [2.45, 2.75) is 10.8 Å². The Balaban J connectivity index is 1.76. The maximum Gasteiger partial charge on any atom is 0.304 e. The third kappa shape index (κ3) is 4.54. The van der Waals surface area contributed by atoms with Crippen molar-refractivity contribution in [1.82, 2.24) is 0 Å². The maximum atomic E-state index is 14.4. The van der Waals surface area contributed by atoms with Gasteiger partial charge < -0.3 is 15.0 Å². The van der Waals surface area contributed by atoms with E-state index in [1.165, 1.54) is 6.07 Å². The zero-order valence-electron chi connectivity index (χ0n) is 14.5. The second kappa shape index (κ2) is 7.79. The van der Waals surface area contributed by atoms with Crippen LogP contribution in [0.25, 0.3) is 0 Å². The first-order valence-corrected chi connectivity index (χ1v) is 10.8. The number of anilines is 2. The van der Waals surface area contributed by atoms with E-state index in [-0.39, 0.29) is 27.3 Å². The fourth-order valence-electron chi connectivity index (χ4n) is 2.71. The summed E-state index contributed by atoms with van der Waals surface area (Å²) in [7, 11) is -3.55. The summed E-state index contributed by atoms with van der Waals surface area (Å²) >= 11 is 0.787. The van der Waals surface area contributed by atoms with Crippen LogP contribution in [0.3, 0.4) is 0 Å². The van der Waals surface area contributed by atoms with Crippen molar-refractivity contribution in [2.75, 3.05) is 42.8 Å². The Labute approximate surface area is 159 Å². The van der Waals surface area contributed by atoms with Crippen LogP contribution in [0.15, 0.2) is 28.5 Å². The second-order valence-corrected chi connectivity index (χ2v) is 9.34. The third-order valence-electron chi connectivity index (χ3n) is 4.07. The van der Waals surface area contributed by atoms with Crippen molar-refractivity contribution >= 4 is 37.5 Å². The van der Waals surface area contributed by atoms with Gasteiger partial charge in [-0.1, -0.05) is 17.4 Å². The molecular weight excluding hydrogens is 397 g/mol. The number of morpholine rings is 1. The Morgan fingerprint density at radius 3 is 2.63 bits per heavy atom. The number of nitrogens with one attached hydrogen (secondary N) is 1. The molecule has 3 rings (SSSR count). The molecule has 1 aromatic heterocycles. The number of nitro groups is 1. The highest BCUT2D eigenvalue weighted by Crippen LogP contribution is 2.37. The first kappa shape index (κ1) is 19.5. The lowest BCUT2D eigenvalue weighted by Crippen LogP contribution is -2.36. The van der Waals surface area contributed by atoms with Crippen LogP contribution < -0.4 is 10.2 Å². The first-order valence-electron chi connectivity index (χ1n) is 8.09. The molecule has 146 valence electrons. The number of hydrogen-bond acceptors (Lipinski definition) is 8. The van der Waals surface area contributed by atoms with E-state index in [0.29, 0.717) is 37.6 Å². The number of halogens is 1. The molecule has 1 aromatic carbocycles. The van der Waals surface area contributed by atoms with Crippen LogP contribution >= 0.6 is 11.3 Å². The third-order valence-corrected chi connectivity index (χ3v) is 6.95. The number of ether oxygens (including phenoxy) is 1. The maximum absolute atomic E-state index is 14.4. The summed E-state index contributed by atoms with van der Waals surface area (Å²) in [6, 6.07) is 5.80. The lowest BCUT2D eigenvalue weighted by molar-refractivity contribution is -0.383. The molecule has 1 fully saturated rings. The van der Waals surface area contributed by atoms with E-state index in [4.69, 9.17) is 4.74 Å². The number of nitrogens with zero attached hydrogens (tertiary/aromatic N) is 2. The summed E-state index contributed by atoms with van der Waals surface area (Å²) in [5.41, 5.74) is 0.766. The molecule has 1 aliphatic rings. The highest BCUT2D eigenvalue weighted by Gasteiger charge is 2.23. The minimum atomic E-state index is -3.55. The van der Waals surface area contributed by atoms with Crippen molar-refractivity contribution in [3.63, 3.8) is 0 Å². The average molecular weight is 415 g/mol. The molecule has 8 nitrogen and oxygen atoms in total. The van der Waals surface area contributed by atoms with Crippen LogP contribution in [0.5, 0.6) is 0 Å². The first-order chi connectivity index (χ1) is 12.8. The number of benzene rings is 1. The zero-order chi connectivity index (χ0) is 19.6. The van der Waals surface area contributed by atoms with Gasteiger partial charge in [-0.25, -0.2) is 12.8 Å². The zero-order valence-corrected chi connectivity index (χ0v) is 16.1. The number of sulfone groups is 1. The minimum absolute atomic E-state index is 0.0921. The molecular formula is C16H18FN3O5S2. The summed E-state index contributed by atoms with van der Waals surface area (Å²) < 4.78 is 42.8. The fourth-order valence-corrected chi connectivity index (χ4v) is 4.64. The highest BCUT2D eigenvalue weighted by atomic mass is 32.2. The van der Waals surface area contributed by atoms with Gasteiger partial charge in [0.15, 0.2) is 14.8 Å². The van der Waals surface area contributed by atoms with Gasteiger partial charge in [-0.3, -0.25) is 10.1 Å². The summed E-state index contributed by atoms with van der Waals surface area (Å²) in [6.45, 7) is 2.46. The van der Waals surface area contributed by atoms with Crippen LogP contribution in [-0.2, 0) is 21.1 Å². The second-order valence-electron chi connectivity index (χ2n) is 6.05. The highest BCUT2D eigenvalue weighted by molar-refractivity contribution is 7.92. The summed E-state index contributed by atoms with van der Waals surface area (Å²) in [5.74, 6) is -0.381. The Hall–Kier alpha value is -2.24. The van der Waals surface area contributed by atoms with E-state index >= 15 is 0 Å². The number of thiophene rings is 1. The van der Waals surface area contributed by atoms with Gasteiger partial charge >= 0.3 is 5.69 Å². The van der Waals surface area contributed by atoms with Crippen molar-refractivity contribution in [2.24, 2.45) is 0 Å². The van der Waals surface area contributed by atoms with Crippen molar-refractivity contribution in [3.8, 4) is 0 Å². The molecule has 27 heavy (non-hydrogen) atoms. The van der Waals surface area contributed by atoms with Gasteiger partial charge in [0, 0.05) is 32.0 Å². The Bertz CT molecular complexity index is 955. The molecule has 0 spiro atoms. The molecule has 0 radical (unpaired) electrons. The average Bonchev–Trinajstić information content (AvgIpc) is 3.06. The normalized spacial score (nSPS) is 15.0. The quantitative estimate of drug-likeness (QED) is 0.572. The minimum Gasteiger partial charge on any atom is -0.378 e. The van der Waals surface area contributed by atoms with Gasteiger partial charge in [0.1, 0.15) is 10.0 Å². The molecule has 1 saturated heterocycles. The predicted octanol–water partition coefficient (Wildman–Crippen LogP) is 2.65. The predicted molar refractivity (Wildman–Crippen MR) is 101 cm³/mol. The molecule has 2 aromatic rings. The SMILES string of the molecule is CS(=O)(=O)c1cc([N+](=O)[O-])c(NCc2ccc(N3CCOCC3)c(F)c2)s1. The molecule has 1 N–H and O–H groups in total. The molecule has 0 atom stereocenters. The topological polar surface area (TPSA) is 102 Å². The Morgan fingerprint density at radius 1 is 1.33 bits per heavy atom. The van der Waals surface area contributed by atoms with Crippen LogP contribution in [0, 0.1) is 15.9 Å². The molecule has 0 unspecified atom stereocenters. The Kier molecular flexibility index (Phi) is 5.63. The lowest BCUT2D eigenvalue weighted by Gasteiger charge is -2.29. The van der Waals surface area contributed by atoms with Crippen LogP contribution in [-0.4, -0.2) is 45.9 Å². The van der Waals surface area contributed by atoms with Gasteiger partial charge in [-0.2, -0.15) is 0 Å². The van der Waals surface area contributed by atoms with Gasteiger partial charge in [0.2, 0.25) is 0 Å². The van der Waals surface area contributed by atoms with Gasteiger partial charge in [-0.15, -0.1) is 0 Å². The standard InChI is InChI=1S/C16H18FN3O5S2/c1-27(23,24)15-9-14(20(21)22)16(26-15)18-10-11-2-3-13(12(17)8-11)19-4-6-25-7-5-19/h2-3,8-9,18H,4-7,10H2,1H3. The van der Waals surface area contributed by atoms with E-state index < -0.39 is 14.8 Å². The summed E-state index contributed by atoms with van der Waals surface area (Å²) in [4.78, 5) is 12.4.